The fourth-order valence-corrected chi connectivity index (χ4v) is 6.91. The predicted octanol–water partition coefficient (Wildman–Crippen LogP) is 9.70. The van der Waals surface area contributed by atoms with Crippen LogP contribution in [-0.2, 0) is 12.0 Å². The van der Waals surface area contributed by atoms with Crippen molar-refractivity contribution in [1.29, 1.82) is 0 Å². The van der Waals surface area contributed by atoms with E-state index in [2.05, 4.69) is 79.4 Å². The molecule has 1 saturated carbocycles. The lowest BCUT2D eigenvalue weighted by atomic mass is 9.90. The number of aromatic nitrogens is 1. The quantitative estimate of drug-likeness (QED) is 0.187. The first-order valence-corrected chi connectivity index (χ1v) is 15.2. The SMILES string of the molecule is [CH2+]CC1(CSC(CCc2ccccc2C(C)(C)O)c2cccc(/C=C/c3ccc4ccc(Cl)cc4n3)c2)CC1. The van der Waals surface area contributed by atoms with Gasteiger partial charge in [0.2, 0.25) is 0 Å². The molecule has 0 bridgehead atoms. The van der Waals surface area contributed by atoms with Crippen LogP contribution in [0.1, 0.15) is 72.7 Å². The lowest BCUT2D eigenvalue weighted by molar-refractivity contribution is 0.0776. The molecule has 1 N–H and O–H groups in total. The minimum Gasteiger partial charge on any atom is -0.386 e. The van der Waals surface area contributed by atoms with Gasteiger partial charge in [0.1, 0.15) is 0 Å². The van der Waals surface area contributed by atoms with Crippen molar-refractivity contribution in [3.8, 4) is 0 Å². The summed E-state index contributed by atoms with van der Waals surface area (Å²) in [5, 5.41) is 12.9. The van der Waals surface area contributed by atoms with E-state index in [1.165, 1.54) is 29.5 Å². The second kappa shape index (κ2) is 11.8. The Kier molecular flexibility index (Phi) is 8.42. The average Bonchev–Trinajstić information content (AvgIpc) is 3.72. The summed E-state index contributed by atoms with van der Waals surface area (Å²) in [5.41, 5.74) is 6.16. The van der Waals surface area contributed by atoms with Gasteiger partial charge in [-0.1, -0.05) is 78.3 Å². The van der Waals surface area contributed by atoms with Crippen LogP contribution in [0.3, 0.4) is 0 Å². The Labute approximate surface area is 242 Å². The topological polar surface area (TPSA) is 33.1 Å². The smallest absolute Gasteiger partial charge is 0.0914 e. The van der Waals surface area contributed by atoms with Gasteiger partial charge in [0.05, 0.1) is 30.2 Å². The fourth-order valence-electron chi connectivity index (χ4n) is 5.13. The Hall–Kier alpha value is -2.72. The average molecular weight is 555 g/mol. The molecule has 3 aromatic carbocycles. The highest BCUT2D eigenvalue weighted by Crippen LogP contribution is 2.53. The van der Waals surface area contributed by atoms with Crippen LogP contribution in [0.15, 0.2) is 78.9 Å². The molecule has 4 aromatic rings. The second-order valence-corrected chi connectivity index (χ2v) is 13.0. The summed E-state index contributed by atoms with van der Waals surface area (Å²) in [6, 6.07) is 27.1. The van der Waals surface area contributed by atoms with Gasteiger partial charge in [0, 0.05) is 26.8 Å². The minimum absolute atomic E-state index is 0.373. The molecule has 1 unspecified atom stereocenters. The molecule has 0 spiro atoms. The maximum absolute atomic E-state index is 10.7. The van der Waals surface area contributed by atoms with E-state index in [0.29, 0.717) is 15.7 Å². The summed E-state index contributed by atoms with van der Waals surface area (Å²) in [5.74, 6) is 1.15. The Morgan fingerprint density at radius 3 is 2.59 bits per heavy atom. The van der Waals surface area contributed by atoms with Crippen molar-refractivity contribution in [2.24, 2.45) is 5.41 Å². The third-order valence-electron chi connectivity index (χ3n) is 7.84. The number of hydrogen-bond acceptors (Lipinski definition) is 3. The van der Waals surface area contributed by atoms with E-state index in [0.717, 1.165) is 47.2 Å². The number of pyridine rings is 1. The molecule has 2 nitrogen and oxygen atoms in total. The highest BCUT2D eigenvalue weighted by Gasteiger charge is 2.44. The molecule has 4 heteroatoms. The molecule has 0 radical (unpaired) electrons. The van der Waals surface area contributed by atoms with Crippen LogP contribution in [0, 0.1) is 12.3 Å². The fraction of sp³-hybridized carbons (Fsp3) is 0.314. The van der Waals surface area contributed by atoms with Crippen molar-refractivity contribution in [2.45, 2.75) is 56.8 Å². The lowest BCUT2D eigenvalue weighted by Gasteiger charge is -2.24. The Morgan fingerprint density at radius 1 is 1.03 bits per heavy atom. The Bertz CT molecular complexity index is 1470. The van der Waals surface area contributed by atoms with Gasteiger partial charge in [-0.05, 0) is 86.1 Å². The first-order chi connectivity index (χ1) is 18.7. The zero-order chi connectivity index (χ0) is 27.5. The number of fused-ring (bicyclic) bond motifs is 1. The summed E-state index contributed by atoms with van der Waals surface area (Å²) in [6.45, 7) is 7.98. The van der Waals surface area contributed by atoms with Crippen molar-refractivity contribution in [1.82, 2.24) is 4.98 Å². The number of halogens is 1. The van der Waals surface area contributed by atoms with E-state index in [9.17, 15) is 5.11 Å². The molecule has 1 aliphatic rings. The summed E-state index contributed by atoms with van der Waals surface area (Å²) in [6.07, 6.45) is 9.77. The zero-order valence-corrected chi connectivity index (χ0v) is 24.4. The Balaban J connectivity index is 1.36. The molecular weight excluding hydrogens is 518 g/mol. The number of aryl methyl sites for hydroxylation is 1. The van der Waals surface area contributed by atoms with Crippen LogP contribution in [0.2, 0.25) is 5.02 Å². The van der Waals surface area contributed by atoms with E-state index >= 15 is 0 Å². The van der Waals surface area contributed by atoms with Gasteiger partial charge in [0.25, 0.3) is 0 Å². The van der Waals surface area contributed by atoms with Crippen molar-refractivity contribution >= 4 is 46.4 Å². The second-order valence-electron chi connectivity index (χ2n) is 11.4. The maximum atomic E-state index is 10.7. The molecule has 1 atom stereocenters. The maximum Gasteiger partial charge on any atom is 0.0914 e. The van der Waals surface area contributed by atoms with E-state index in [4.69, 9.17) is 16.6 Å². The standard InChI is InChI=1S/C35H37ClNOS/c1-4-35(20-21-35)24-39-33(19-15-26-9-5-6-11-31(26)34(2,3)38)28-10-7-8-25(22-28)12-17-30-18-14-27-13-16-29(36)23-32(27)37-30/h5-14,16-18,22-23,33,38H,1,4,15,19-21,24H2,2-3H3/q+1/b17-12+. The molecule has 5 rings (SSSR count). The zero-order valence-electron chi connectivity index (χ0n) is 22.9. The summed E-state index contributed by atoms with van der Waals surface area (Å²) >= 11 is 8.25. The largest absolute Gasteiger partial charge is 0.386 e. The van der Waals surface area contributed by atoms with Gasteiger partial charge in [0.15, 0.2) is 0 Å². The first kappa shape index (κ1) is 27.8. The van der Waals surface area contributed by atoms with Gasteiger partial charge in [-0.25, -0.2) is 4.98 Å². The Morgan fingerprint density at radius 2 is 1.82 bits per heavy atom. The van der Waals surface area contributed by atoms with Gasteiger partial charge in [-0.2, -0.15) is 11.8 Å². The van der Waals surface area contributed by atoms with Crippen LogP contribution < -0.4 is 0 Å². The number of benzene rings is 3. The van der Waals surface area contributed by atoms with Crippen molar-refractivity contribution < 1.29 is 5.11 Å². The number of hydrogen-bond donors (Lipinski definition) is 1. The molecule has 1 fully saturated rings. The molecule has 0 aliphatic heterocycles. The molecule has 0 amide bonds. The predicted molar refractivity (Wildman–Crippen MR) is 169 cm³/mol. The lowest BCUT2D eigenvalue weighted by Crippen LogP contribution is -2.18. The van der Waals surface area contributed by atoms with E-state index < -0.39 is 5.60 Å². The van der Waals surface area contributed by atoms with Crippen LogP contribution >= 0.6 is 23.4 Å². The molecule has 1 aromatic heterocycles. The molecule has 1 heterocycles. The molecule has 39 heavy (non-hydrogen) atoms. The van der Waals surface area contributed by atoms with Crippen LogP contribution in [0.4, 0.5) is 0 Å². The summed E-state index contributed by atoms with van der Waals surface area (Å²) in [7, 11) is 0. The third-order valence-corrected chi connectivity index (χ3v) is 9.76. The van der Waals surface area contributed by atoms with E-state index in [-0.39, 0.29) is 0 Å². The van der Waals surface area contributed by atoms with E-state index in [1.54, 1.807) is 0 Å². The van der Waals surface area contributed by atoms with Crippen molar-refractivity contribution in [2.75, 3.05) is 5.75 Å². The van der Waals surface area contributed by atoms with Crippen molar-refractivity contribution in [3.63, 3.8) is 0 Å². The summed E-state index contributed by atoms with van der Waals surface area (Å²) < 4.78 is 0. The number of thioether (sulfide) groups is 1. The highest BCUT2D eigenvalue weighted by molar-refractivity contribution is 7.99. The molecule has 0 saturated heterocycles. The van der Waals surface area contributed by atoms with Crippen molar-refractivity contribution in [3.05, 3.63) is 119 Å². The van der Waals surface area contributed by atoms with Gasteiger partial charge in [-0.3, -0.25) is 0 Å². The number of rotatable bonds is 11. The molecule has 200 valence electrons. The molecular formula is C35H37ClNOS+. The van der Waals surface area contributed by atoms with Crippen LogP contribution in [-0.4, -0.2) is 15.8 Å². The number of aliphatic hydroxyl groups is 1. The molecule has 1 aliphatic carbocycles. The van der Waals surface area contributed by atoms with Gasteiger partial charge >= 0.3 is 0 Å². The van der Waals surface area contributed by atoms with E-state index in [1.807, 2.05) is 44.2 Å². The van der Waals surface area contributed by atoms with Gasteiger partial charge < -0.3 is 5.11 Å². The highest BCUT2D eigenvalue weighted by atomic mass is 35.5. The number of nitrogens with zero attached hydrogens (tertiary/aromatic N) is 1. The van der Waals surface area contributed by atoms with Gasteiger partial charge in [-0.15, -0.1) is 0 Å². The van der Waals surface area contributed by atoms with Crippen LogP contribution in [0.25, 0.3) is 23.1 Å². The normalized spacial score (nSPS) is 15.6. The minimum atomic E-state index is -0.849. The third kappa shape index (κ3) is 7.08. The summed E-state index contributed by atoms with van der Waals surface area (Å²) in [4.78, 5) is 4.77. The first-order valence-electron chi connectivity index (χ1n) is 13.8. The monoisotopic (exact) mass is 554 g/mol. The van der Waals surface area contributed by atoms with Crippen LogP contribution in [0.5, 0.6) is 0 Å².